The van der Waals surface area contributed by atoms with Crippen molar-refractivity contribution in [2.45, 2.75) is 38.8 Å². The Balaban J connectivity index is 1.31. The number of hydrogen-bond acceptors (Lipinski definition) is 4. The van der Waals surface area contributed by atoms with E-state index in [1.807, 2.05) is 47.9 Å². The van der Waals surface area contributed by atoms with Crippen molar-refractivity contribution in [3.63, 3.8) is 0 Å². The maximum atomic E-state index is 12.5. The molecular formula is C20H24N4O2. The van der Waals surface area contributed by atoms with Crippen LogP contribution in [0.2, 0.25) is 0 Å². The van der Waals surface area contributed by atoms with Crippen molar-refractivity contribution in [3.8, 4) is 0 Å². The van der Waals surface area contributed by atoms with Crippen molar-refractivity contribution < 1.29 is 9.21 Å². The zero-order chi connectivity index (χ0) is 17.9. The molecule has 6 nitrogen and oxygen atoms in total. The van der Waals surface area contributed by atoms with Gasteiger partial charge < -0.3 is 14.1 Å². The van der Waals surface area contributed by atoms with Gasteiger partial charge in [0, 0.05) is 25.3 Å². The van der Waals surface area contributed by atoms with Gasteiger partial charge in [0.1, 0.15) is 11.4 Å². The molecular weight excluding hydrogens is 328 g/mol. The van der Waals surface area contributed by atoms with Gasteiger partial charge in [-0.2, -0.15) is 0 Å². The minimum absolute atomic E-state index is 0.0724. The number of amides is 1. The lowest BCUT2D eigenvalue weighted by molar-refractivity contribution is -0.121. The Morgan fingerprint density at radius 3 is 2.88 bits per heavy atom. The molecule has 4 heterocycles. The molecule has 0 unspecified atom stereocenters. The lowest BCUT2D eigenvalue weighted by Crippen LogP contribution is -2.44. The third-order valence-corrected chi connectivity index (χ3v) is 5.07. The molecule has 4 rings (SSSR count). The monoisotopic (exact) mass is 352 g/mol. The van der Waals surface area contributed by atoms with E-state index in [-0.39, 0.29) is 11.9 Å². The third-order valence-electron chi connectivity index (χ3n) is 5.07. The molecule has 0 spiro atoms. The number of nitrogens with zero attached hydrogens (tertiary/aromatic N) is 3. The summed E-state index contributed by atoms with van der Waals surface area (Å²) in [5.41, 5.74) is 2.77. The normalized spacial score (nSPS) is 16.2. The van der Waals surface area contributed by atoms with Gasteiger partial charge in [-0.3, -0.25) is 9.69 Å². The van der Waals surface area contributed by atoms with Crippen molar-refractivity contribution in [1.29, 1.82) is 0 Å². The summed E-state index contributed by atoms with van der Waals surface area (Å²) in [4.78, 5) is 19.4. The third kappa shape index (κ3) is 3.65. The Morgan fingerprint density at radius 2 is 2.12 bits per heavy atom. The molecule has 0 aromatic carbocycles. The lowest BCUT2D eigenvalue weighted by Gasteiger charge is -2.31. The average Bonchev–Trinajstić information content (AvgIpc) is 3.25. The first kappa shape index (κ1) is 16.8. The number of imidazole rings is 1. The van der Waals surface area contributed by atoms with Gasteiger partial charge in [0.15, 0.2) is 0 Å². The molecule has 1 N–H and O–H groups in total. The zero-order valence-electron chi connectivity index (χ0n) is 15.0. The molecule has 0 bridgehead atoms. The summed E-state index contributed by atoms with van der Waals surface area (Å²) < 4.78 is 7.41. The van der Waals surface area contributed by atoms with Crippen LogP contribution in [0.15, 0.2) is 47.2 Å². The molecule has 0 aliphatic carbocycles. The van der Waals surface area contributed by atoms with Crippen molar-refractivity contribution >= 4 is 11.6 Å². The fourth-order valence-electron chi connectivity index (χ4n) is 3.67. The van der Waals surface area contributed by atoms with E-state index < -0.39 is 0 Å². The van der Waals surface area contributed by atoms with Gasteiger partial charge in [0.25, 0.3) is 0 Å². The van der Waals surface area contributed by atoms with E-state index in [4.69, 9.17) is 4.42 Å². The van der Waals surface area contributed by atoms with Crippen LogP contribution < -0.4 is 5.32 Å². The first-order chi connectivity index (χ1) is 12.7. The number of fused-ring (bicyclic) bond motifs is 1. The molecule has 26 heavy (non-hydrogen) atoms. The summed E-state index contributed by atoms with van der Waals surface area (Å²) in [5.74, 6) is 1.07. The first-order valence-electron chi connectivity index (χ1n) is 9.16. The molecule has 1 fully saturated rings. The summed E-state index contributed by atoms with van der Waals surface area (Å²) >= 11 is 0. The van der Waals surface area contributed by atoms with E-state index in [1.165, 1.54) is 0 Å². The zero-order valence-corrected chi connectivity index (χ0v) is 15.0. The van der Waals surface area contributed by atoms with Gasteiger partial charge in [0.2, 0.25) is 5.91 Å². The molecule has 0 radical (unpaired) electrons. The molecule has 1 amide bonds. The number of carbonyl (C=O) groups excluding carboxylic acids is 1. The highest BCUT2D eigenvalue weighted by Crippen LogP contribution is 2.16. The second-order valence-corrected chi connectivity index (χ2v) is 6.95. The van der Waals surface area contributed by atoms with E-state index in [1.54, 1.807) is 6.26 Å². The van der Waals surface area contributed by atoms with Crippen molar-refractivity contribution in [1.82, 2.24) is 19.6 Å². The average molecular weight is 352 g/mol. The Morgan fingerprint density at radius 1 is 1.27 bits per heavy atom. The maximum absolute atomic E-state index is 12.5. The van der Waals surface area contributed by atoms with E-state index in [0.29, 0.717) is 6.42 Å². The number of pyridine rings is 1. The number of furan rings is 1. The van der Waals surface area contributed by atoms with E-state index in [2.05, 4.69) is 15.2 Å². The fourth-order valence-corrected chi connectivity index (χ4v) is 3.67. The number of likely N-dealkylation sites (tertiary alicyclic amines) is 1. The number of nitrogens with one attached hydrogen (secondary N) is 1. The number of carbonyl (C=O) groups is 1. The molecule has 1 aliphatic heterocycles. The lowest BCUT2D eigenvalue weighted by atomic mass is 10.0. The van der Waals surface area contributed by atoms with Crippen molar-refractivity contribution in [3.05, 3.63) is 59.9 Å². The van der Waals surface area contributed by atoms with Crippen LogP contribution in [0.5, 0.6) is 0 Å². The summed E-state index contributed by atoms with van der Waals surface area (Å²) in [7, 11) is 0. The standard InChI is InChI=1S/C20H24N4O2/c1-15-18(24-9-3-2-6-19(24)21-15)13-20(25)22-16-7-10-23(11-8-16)14-17-5-4-12-26-17/h2-6,9,12,16H,7-8,10-11,13-14H2,1H3,(H,22,25). The maximum Gasteiger partial charge on any atom is 0.226 e. The first-order valence-corrected chi connectivity index (χ1v) is 9.16. The van der Waals surface area contributed by atoms with E-state index in [9.17, 15) is 4.79 Å². The summed E-state index contributed by atoms with van der Waals surface area (Å²) in [6.45, 7) is 4.75. The van der Waals surface area contributed by atoms with Crippen LogP contribution in [0.4, 0.5) is 0 Å². The molecule has 1 aliphatic rings. The predicted octanol–water partition coefficient (Wildman–Crippen LogP) is 2.56. The van der Waals surface area contributed by atoms with Gasteiger partial charge in [-0.25, -0.2) is 4.98 Å². The number of hydrogen-bond donors (Lipinski definition) is 1. The Hall–Kier alpha value is -2.60. The number of rotatable bonds is 5. The van der Waals surface area contributed by atoms with Crippen LogP contribution in [-0.2, 0) is 17.8 Å². The van der Waals surface area contributed by atoms with Crippen LogP contribution in [0.3, 0.4) is 0 Å². The molecule has 3 aromatic rings. The van der Waals surface area contributed by atoms with Crippen molar-refractivity contribution in [2.24, 2.45) is 0 Å². The largest absolute Gasteiger partial charge is 0.468 e. The van der Waals surface area contributed by atoms with Crippen LogP contribution >= 0.6 is 0 Å². The van der Waals surface area contributed by atoms with E-state index >= 15 is 0 Å². The minimum atomic E-state index is 0.0724. The van der Waals surface area contributed by atoms with Crippen LogP contribution in [0.1, 0.15) is 30.0 Å². The van der Waals surface area contributed by atoms with Crippen molar-refractivity contribution in [2.75, 3.05) is 13.1 Å². The quantitative estimate of drug-likeness (QED) is 0.767. The van der Waals surface area contributed by atoms with Gasteiger partial charge in [-0.1, -0.05) is 6.07 Å². The Labute approximate surface area is 152 Å². The predicted molar refractivity (Wildman–Crippen MR) is 98.8 cm³/mol. The smallest absolute Gasteiger partial charge is 0.226 e. The number of piperidine rings is 1. The number of aryl methyl sites for hydroxylation is 1. The fraction of sp³-hybridized carbons (Fsp3) is 0.400. The van der Waals surface area contributed by atoms with Gasteiger partial charge in [0.05, 0.1) is 30.6 Å². The van der Waals surface area contributed by atoms with Crippen LogP contribution in [-0.4, -0.2) is 39.3 Å². The minimum Gasteiger partial charge on any atom is -0.468 e. The molecule has 0 atom stereocenters. The van der Waals surface area contributed by atoms with Gasteiger partial charge in [-0.15, -0.1) is 0 Å². The Bertz CT molecular complexity index is 876. The molecule has 6 heteroatoms. The summed E-state index contributed by atoms with van der Waals surface area (Å²) in [6.07, 6.45) is 5.98. The van der Waals surface area contributed by atoms with Crippen LogP contribution in [0, 0.1) is 6.92 Å². The number of aromatic nitrogens is 2. The Kier molecular flexibility index (Phi) is 4.75. The second-order valence-electron chi connectivity index (χ2n) is 6.95. The molecule has 0 saturated carbocycles. The highest BCUT2D eigenvalue weighted by molar-refractivity contribution is 5.79. The van der Waals surface area contributed by atoms with Crippen LogP contribution in [0.25, 0.3) is 5.65 Å². The topological polar surface area (TPSA) is 62.8 Å². The second kappa shape index (κ2) is 7.33. The SMILES string of the molecule is Cc1nc2ccccn2c1CC(=O)NC1CCN(Cc2ccco2)CC1. The highest BCUT2D eigenvalue weighted by atomic mass is 16.3. The van der Waals surface area contributed by atoms with Gasteiger partial charge in [-0.05, 0) is 44.0 Å². The summed E-state index contributed by atoms with van der Waals surface area (Å²) in [6, 6.07) is 10.1. The molecule has 3 aromatic heterocycles. The molecule has 136 valence electrons. The van der Waals surface area contributed by atoms with Gasteiger partial charge >= 0.3 is 0 Å². The highest BCUT2D eigenvalue weighted by Gasteiger charge is 2.22. The summed E-state index contributed by atoms with van der Waals surface area (Å²) in [5, 5.41) is 3.20. The molecule has 1 saturated heterocycles. The van der Waals surface area contributed by atoms with E-state index in [0.717, 1.165) is 55.3 Å².